The van der Waals surface area contributed by atoms with E-state index in [0.717, 1.165) is 12.8 Å². The molecule has 0 aromatic carbocycles. The maximum atomic E-state index is 11.9. The number of carbonyl (C=O) groups excluding carboxylic acids is 1. The lowest BCUT2D eigenvalue weighted by Gasteiger charge is -2.31. The van der Waals surface area contributed by atoms with E-state index in [1.807, 2.05) is 31.2 Å². The number of allylic oxidation sites excluding steroid dienone is 4. The third kappa shape index (κ3) is 1.29. The van der Waals surface area contributed by atoms with Crippen molar-refractivity contribution in [1.82, 2.24) is 0 Å². The molecule has 2 unspecified atom stereocenters. The topological polar surface area (TPSA) is 64.7 Å². The summed E-state index contributed by atoms with van der Waals surface area (Å²) in [7, 11) is 0. The van der Waals surface area contributed by atoms with Gasteiger partial charge >= 0.3 is 0 Å². The number of hydrogen-bond donors (Lipinski definition) is 0. The van der Waals surface area contributed by atoms with Crippen LogP contribution in [0.2, 0.25) is 0 Å². The smallest absolute Gasteiger partial charge is 0.141 e. The number of nitriles is 2. The molecular weight excluding hydrogens is 200 g/mol. The predicted octanol–water partition coefficient (Wildman–Crippen LogP) is 2.28. The molecule has 1 fully saturated rings. The highest BCUT2D eigenvalue weighted by Crippen LogP contribution is 2.51. The maximum absolute atomic E-state index is 11.9. The van der Waals surface area contributed by atoms with Crippen LogP contribution in [0.3, 0.4) is 0 Å². The monoisotopic (exact) mass is 212 g/mol. The van der Waals surface area contributed by atoms with Gasteiger partial charge in [-0.25, -0.2) is 0 Å². The van der Waals surface area contributed by atoms with E-state index in [2.05, 4.69) is 0 Å². The van der Waals surface area contributed by atoms with Gasteiger partial charge in [0.2, 0.25) is 0 Å². The molecule has 3 nitrogen and oxygen atoms in total. The third-order valence-corrected chi connectivity index (χ3v) is 3.73. The minimum Gasteiger partial charge on any atom is -0.299 e. The molecule has 0 spiro atoms. The Kier molecular flexibility index (Phi) is 2.40. The number of fused-ring (bicyclic) bond motifs is 1. The molecule has 2 atom stereocenters. The van der Waals surface area contributed by atoms with Crippen molar-refractivity contribution in [2.45, 2.75) is 26.2 Å². The van der Waals surface area contributed by atoms with Crippen LogP contribution >= 0.6 is 0 Å². The maximum Gasteiger partial charge on any atom is 0.141 e. The first kappa shape index (κ1) is 10.6. The van der Waals surface area contributed by atoms with E-state index in [9.17, 15) is 4.79 Å². The summed E-state index contributed by atoms with van der Waals surface area (Å²) in [6.07, 6.45) is 6.05. The van der Waals surface area contributed by atoms with Crippen LogP contribution in [-0.2, 0) is 4.79 Å². The van der Waals surface area contributed by atoms with Crippen molar-refractivity contribution in [1.29, 1.82) is 10.5 Å². The summed E-state index contributed by atoms with van der Waals surface area (Å²) in [6.45, 7) is 1.96. The van der Waals surface area contributed by atoms with Crippen LogP contribution in [0.4, 0.5) is 0 Å². The number of hydrogen-bond acceptors (Lipinski definition) is 3. The number of rotatable bonds is 0. The minimum absolute atomic E-state index is 0.0378. The molecule has 2 aliphatic carbocycles. The SMILES string of the molecule is CC12C=CCCC1C(=O)CC2=C(C#N)C#N. The van der Waals surface area contributed by atoms with Crippen molar-refractivity contribution in [2.75, 3.05) is 0 Å². The molecule has 0 N–H and O–H groups in total. The predicted molar refractivity (Wildman–Crippen MR) is 57.8 cm³/mol. The summed E-state index contributed by atoms with van der Waals surface area (Å²) in [6, 6.07) is 3.81. The van der Waals surface area contributed by atoms with Gasteiger partial charge in [0.1, 0.15) is 23.5 Å². The van der Waals surface area contributed by atoms with Gasteiger partial charge in [0, 0.05) is 17.8 Å². The molecule has 0 heterocycles. The van der Waals surface area contributed by atoms with Gasteiger partial charge in [-0.1, -0.05) is 19.1 Å². The number of nitrogens with zero attached hydrogens (tertiary/aromatic N) is 2. The zero-order valence-corrected chi connectivity index (χ0v) is 9.16. The van der Waals surface area contributed by atoms with Crippen molar-refractivity contribution in [3.8, 4) is 12.1 Å². The van der Waals surface area contributed by atoms with Crippen molar-refractivity contribution >= 4 is 5.78 Å². The van der Waals surface area contributed by atoms with Crippen LogP contribution in [0, 0.1) is 34.0 Å². The molecule has 0 aromatic heterocycles. The lowest BCUT2D eigenvalue weighted by molar-refractivity contribution is -0.122. The highest BCUT2D eigenvalue weighted by Gasteiger charge is 2.48. The molecular formula is C13H12N2O. The normalized spacial score (nSPS) is 31.8. The Hall–Kier alpha value is -1.87. The number of Topliss-reactive ketones (excluding diaryl/α,β-unsaturated/α-hetero) is 1. The largest absolute Gasteiger partial charge is 0.299 e. The lowest BCUT2D eigenvalue weighted by Crippen LogP contribution is -2.27. The van der Waals surface area contributed by atoms with Crippen LogP contribution in [0.25, 0.3) is 0 Å². The molecule has 0 saturated heterocycles. The van der Waals surface area contributed by atoms with E-state index in [0.29, 0.717) is 5.57 Å². The molecule has 0 radical (unpaired) electrons. The molecule has 0 aromatic rings. The Bertz CT molecular complexity index is 471. The summed E-state index contributed by atoms with van der Waals surface area (Å²) >= 11 is 0. The van der Waals surface area contributed by atoms with E-state index in [-0.39, 0.29) is 23.7 Å². The van der Waals surface area contributed by atoms with E-state index in [1.54, 1.807) is 0 Å². The Labute approximate surface area is 94.7 Å². The standard InChI is InChI=1S/C13H12N2O/c1-13-5-3-2-4-10(13)12(16)6-11(13)9(7-14)8-15/h3,5,10H,2,4,6H2,1H3. The first-order valence-electron chi connectivity index (χ1n) is 5.37. The fraction of sp³-hybridized carbons (Fsp3) is 0.462. The van der Waals surface area contributed by atoms with E-state index >= 15 is 0 Å². The summed E-state index contributed by atoms with van der Waals surface area (Å²) in [5, 5.41) is 17.8. The summed E-state index contributed by atoms with van der Waals surface area (Å²) in [4.78, 5) is 11.9. The highest BCUT2D eigenvalue weighted by molar-refractivity contribution is 5.90. The second kappa shape index (κ2) is 3.61. The average Bonchev–Trinajstić information content (AvgIpc) is 2.54. The van der Waals surface area contributed by atoms with Crippen molar-refractivity contribution in [3.05, 3.63) is 23.3 Å². The molecule has 0 amide bonds. The third-order valence-electron chi connectivity index (χ3n) is 3.73. The molecule has 2 rings (SSSR count). The van der Waals surface area contributed by atoms with Gasteiger partial charge in [-0.3, -0.25) is 4.79 Å². The highest BCUT2D eigenvalue weighted by atomic mass is 16.1. The van der Waals surface area contributed by atoms with Gasteiger partial charge < -0.3 is 0 Å². The fourth-order valence-corrected chi connectivity index (χ4v) is 2.82. The van der Waals surface area contributed by atoms with Gasteiger partial charge in [-0.05, 0) is 18.4 Å². The fourth-order valence-electron chi connectivity index (χ4n) is 2.82. The second-order valence-electron chi connectivity index (χ2n) is 4.54. The van der Waals surface area contributed by atoms with Crippen molar-refractivity contribution in [2.24, 2.45) is 11.3 Å². The van der Waals surface area contributed by atoms with E-state index < -0.39 is 5.41 Å². The molecule has 16 heavy (non-hydrogen) atoms. The second-order valence-corrected chi connectivity index (χ2v) is 4.54. The molecule has 0 aliphatic heterocycles. The quantitative estimate of drug-likeness (QED) is 0.457. The Balaban J connectivity index is 2.60. The van der Waals surface area contributed by atoms with Crippen molar-refractivity contribution in [3.63, 3.8) is 0 Å². The van der Waals surface area contributed by atoms with Gasteiger partial charge in [0.15, 0.2) is 0 Å². The Morgan fingerprint density at radius 2 is 2.19 bits per heavy atom. The van der Waals surface area contributed by atoms with Crippen LogP contribution in [0.1, 0.15) is 26.2 Å². The first-order valence-corrected chi connectivity index (χ1v) is 5.37. The summed E-state index contributed by atoms with van der Waals surface area (Å²) in [5.74, 6) is 0.133. The Morgan fingerprint density at radius 1 is 1.50 bits per heavy atom. The zero-order valence-electron chi connectivity index (χ0n) is 9.16. The van der Waals surface area contributed by atoms with Crippen LogP contribution < -0.4 is 0 Å². The van der Waals surface area contributed by atoms with Gasteiger partial charge in [0.05, 0.1) is 0 Å². The lowest BCUT2D eigenvalue weighted by atomic mass is 9.71. The number of carbonyl (C=O) groups is 1. The van der Waals surface area contributed by atoms with Gasteiger partial charge in [-0.2, -0.15) is 10.5 Å². The van der Waals surface area contributed by atoms with E-state index in [4.69, 9.17) is 10.5 Å². The summed E-state index contributed by atoms with van der Waals surface area (Å²) in [5.41, 5.74) is 0.434. The zero-order chi connectivity index (χ0) is 11.8. The molecule has 2 aliphatic rings. The van der Waals surface area contributed by atoms with E-state index in [1.165, 1.54) is 0 Å². The van der Waals surface area contributed by atoms with Crippen LogP contribution in [0.15, 0.2) is 23.3 Å². The van der Waals surface area contributed by atoms with Crippen LogP contribution in [-0.4, -0.2) is 5.78 Å². The average molecular weight is 212 g/mol. The van der Waals surface area contributed by atoms with Gasteiger partial charge in [0.25, 0.3) is 0 Å². The van der Waals surface area contributed by atoms with Crippen molar-refractivity contribution < 1.29 is 4.79 Å². The Morgan fingerprint density at radius 3 is 2.81 bits per heavy atom. The molecule has 1 saturated carbocycles. The summed E-state index contributed by atoms with van der Waals surface area (Å²) < 4.78 is 0. The molecule has 3 heteroatoms. The van der Waals surface area contributed by atoms with Gasteiger partial charge in [-0.15, -0.1) is 0 Å². The molecule has 0 bridgehead atoms. The molecule has 80 valence electrons. The number of ketones is 1. The minimum atomic E-state index is -0.393. The van der Waals surface area contributed by atoms with Crippen LogP contribution in [0.5, 0.6) is 0 Å². The first-order chi connectivity index (χ1) is 7.63.